The van der Waals surface area contributed by atoms with Crippen LogP contribution in [-0.2, 0) is 9.53 Å². The minimum atomic E-state index is -2.45. The van der Waals surface area contributed by atoms with Gasteiger partial charge in [-0.3, -0.25) is 4.79 Å². The summed E-state index contributed by atoms with van der Waals surface area (Å²) in [4.78, 5) is 11.6. The molecule has 6 heteroatoms. The van der Waals surface area contributed by atoms with Gasteiger partial charge < -0.3 is 15.4 Å². The Balaban J connectivity index is 3.65. The molecule has 0 saturated carbocycles. The second-order valence-electron chi connectivity index (χ2n) is 4.88. The summed E-state index contributed by atoms with van der Waals surface area (Å²) in [7, 11) is 0. The van der Waals surface area contributed by atoms with E-state index in [0.717, 1.165) is 0 Å². The fourth-order valence-corrected chi connectivity index (χ4v) is 1.09. The van der Waals surface area contributed by atoms with Crippen molar-refractivity contribution in [3.05, 3.63) is 0 Å². The van der Waals surface area contributed by atoms with Gasteiger partial charge in [-0.1, -0.05) is 0 Å². The predicted molar refractivity (Wildman–Crippen MR) is 62.2 cm³/mol. The summed E-state index contributed by atoms with van der Waals surface area (Å²) in [6.45, 7) is 7.36. The smallest absolute Gasteiger partial charge is 0.261 e. The van der Waals surface area contributed by atoms with E-state index in [1.165, 1.54) is 0 Å². The lowest BCUT2D eigenvalue weighted by Gasteiger charge is -2.23. The number of nitrogens with one attached hydrogen (secondary N) is 2. The molecular weight excluding hydrogens is 230 g/mol. The van der Waals surface area contributed by atoms with Crippen LogP contribution in [0.1, 0.15) is 27.7 Å². The number of carbonyl (C=O) groups is 1. The van der Waals surface area contributed by atoms with Gasteiger partial charge in [0.1, 0.15) is 6.61 Å². The zero-order valence-corrected chi connectivity index (χ0v) is 10.8. The molecule has 4 nitrogen and oxygen atoms in total. The lowest BCUT2D eigenvalue weighted by Crippen LogP contribution is -2.50. The van der Waals surface area contributed by atoms with Gasteiger partial charge in [-0.2, -0.15) is 0 Å². The molecule has 0 rings (SSSR count). The molecule has 0 aliphatic heterocycles. The number of rotatable bonds is 7. The fraction of sp³-hybridized carbons (Fsp3) is 0.909. The van der Waals surface area contributed by atoms with Crippen LogP contribution in [0.3, 0.4) is 0 Å². The van der Waals surface area contributed by atoms with E-state index in [4.69, 9.17) is 0 Å². The number of amides is 1. The van der Waals surface area contributed by atoms with E-state index in [9.17, 15) is 13.6 Å². The number of ether oxygens (including phenoxy) is 1. The molecule has 0 aromatic carbocycles. The fourth-order valence-electron chi connectivity index (χ4n) is 1.09. The maximum absolute atomic E-state index is 11.7. The molecule has 0 spiro atoms. The largest absolute Gasteiger partial charge is 0.374 e. The average molecular weight is 252 g/mol. The molecule has 0 aromatic heterocycles. The van der Waals surface area contributed by atoms with Crippen molar-refractivity contribution < 1.29 is 18.3 Å². The Labute approximate surface area is 101 Å². The molecular formula is C11H22F2N2O2. The Morgan fingerprint density at radius 2 is 1.94 bits per heavy atom. The standard InChI is InChI=1S/C11H22F2N2O2/c1-8(10(16)15-11(2,3)4)14-5-6-17-7-9(12)13/h8-9,14H,5-7H2,1-4H3,(H,15,16). The molecule has 2 N–H and O–H groups in total. The third kappa shape index (κ3) is 10.1. The second-order valence-corrected chi connectivity index (χ2v) is 4.88. The highest BCUT2D eigenvalue weighted by Crippen LogP contribution is 1.99. The summed E-state index contributed by atoms with van der Waals surface area (Å²) >= 11 is 0. The minimum absolute atomic E-state index is 0.119. The summed E-state index contributed by atoms with van der Waals surface area (Å²) in [6, 6.07) is -0.371. The molecule has 17 heavy (non-hydrogen) atoms. The first kappa shape index (κ1) is 16.2. The summed E-state index contributed by atoms with van der Waals surface area (Å²) in [5.41, 5.74) is -0.279. The van der Waals surface area contributed by atoms with Crippen molar-refractivity contribution in [1.82, 2.24) is 10.6 Å². The van der Waals surface area contributed by atoms with Crippen molar-refractivity contribution in [3.63, 3.8) is 0 Å². The van der Waals surface area contributed by atoms with Crippen LogP contribution in [0.4, 0.5) is 8.78 Å². The van der Waals surface area contributed by atoms with Gasteiger partial charge in [-0.05, 0) is 27.7 Å². The van der Waals surface area contributed by atoms with Gasteiger partial charge in [0.2, 0.25) is 5.91 Å². The highest BCUT2D eigenvalue weighted by molar-refractivity contribution is 5.81. The van der Waals surface area contributed by atoms with Gasteiger partial charge in [-0.25, -0.2) is 8.78 Å². The number of carbonyl (C=O) groups excluding carboxylic acids is 1. The van der Waals surface area contributed by atoms with E-state index < -0.39 is 13.0 Å². The van der Waals surface area contributed by atoms with Gasteiger partial charge >= 0.3 is 0 Å². The molecule has 0 aliphatic carbocycles. The second kappa shape index (κ2) is 7.55. The van der Waals surface area contributed by atoms with E-state index in [0.29, 0.717) is 6.54 Å². The van der Waals surface area contributed by atoms with Crippen molar-refractivity contribution in [2.75, 3.05) is 19.8 Å². The Morgan fingerprint density at radius 1 is 1.35 bits per heavy atom. The molecule has 0 radical (unpaired) electrons. The lowest BCUT2D eigenvalue weighted by molar-refractivity contribution is -0.124. The maximum atomic E-state index is 11.7. The Bertz CT molecular complexity index is 230. The van der Waals surface area contributed by atoms with Crippen LogP contribution < -0.4 is 10.6 Å². The number of hydrogen-bond acceptors (Lipinski definition) is 3. The molecule has 0 fully saturated rings. The molecule has 0 aliphatic rings. The normalized spacial score (nSPS) is 13.8. The van der Waals surface area contributed by atoms with Gasteiger partial charge in [0, 0.05) is 12.1 Å². The van der Waals surface area contributed by atoms with Crippen molar-refractivity contribution in [2.24, 2.45) is 0 Å². The average Bonchev–Trinajstić information content (AvgIpc) is 2.13. The molecule has 0 saturated heterocycles. The first-order valence-corrected chi connectivity index (χ1v) is 5.63. The zero-order valence-electron chi connectivity index (χ0n) is 10.8. The highest BCUT2D eigenvalue weighted by atomic mass is 19.3. The SMILES string of the molecule is CC(NCCOCC(F)F)C(=O)NC(C)(C)C. The summed E-state index contributed by atoms with van der Waals surface area (Å²) in [5, 5.41) is 5.71. The first-order chi connectivity index (χ1) is 7.72. The van der Waals surface area contributed by atoms with E-state index in [2.05, 4.69) is 15.4 Å². The molecule has 1 atom stereocenters. The van der Waals surface area contributed by atoms with Crippen molar-refractivity contribution in [2.45, 2.75) is 45.7 Å². The van der Waals surface area contributed by atoms with Crippen molar-refractivity contribution >= 4 is 5.91 Å². The van der Waals surface area contributed by atoms with Crippen LogP contribution in [0, 0.1) is 0 Å². The van der Waals surface area contributed by atoms with Crippen LogP contribution in [0.2, 0.25) is 0 Å². The first-order valence-electron chi connectivity index (χ1n) is 5.63. The molecule has 0 aromatic rings. The van der Waals surface area contributed by atoms with E-state index in [1.807, 2.05) is 20.8 Å². The van der Waals surface area contributed by atoms with E-state index in [-0.39, 0.29) is 24.1 Å². The molecule has 0 bridgehead atoms. The Morgan fingerprint density at radius 3 is 2.41 bits per heavy atom. The zero-order chi connectivity index (χ0) is 13.5. The molecule has 0 heterocycles. The highest BCUT2D eigenvalue weighted by Gasteiger charge is 2.18. The van der Waals surface area contributed by atoms with E-state index >= 15 is 0 Å². The minimum Gasteiger partial charge on any atom is -0.374 e. The van der Waals surface area contributed by atoms with Crippen LogP contribution in [-0.4, -0.2) is 43.7 Å². The van der Waals surface area contributed by atoms with Gasteiger partial charge in [0.25, 0.3) is 6.43 Å². The molecule has 1 amide bonds. The third-order valence-corrected chi connectivity index (χ3v) is 1.83. The van der Waals surface area contributed by atoms with E-state index in [1.54, 1.807) is 6.92 Å². The van der Waals surface area contributed by atoms with Gasteiger partial charge in [0.15, 0.2) is 0 Å². The predicted octanol–water partition coefficient (Wildman–Crippen LogP) is 1.16. The van der Waals surface area contributed by atoms with Crippen molar-refractivity contribution in [1.29, 1.82) is 0 Å². The number of hydrogen-bond donors (Lipinski definition) is 2. The summed E-state index contributed by atoms with van der Waals surface area (Å²) < 4.78 is 28.1. The monoisotopic (exact) mass is 252 g/mol. The number of alkyl halides is 2. The molecule has 102 valence electrons. The Hall–Kier alpha value is -0.750. The van der Waals surface area contributed by atoms with Crippen LogP contribution in [0.25, 0.3) is 0 Å². The van der Waals surface area contributed by atoms with Crippen molar-refractivity contribution in [3.8, 4) is 0 Å². The van der Waals surface area contributed by atoms with Crippen LogP contribution in [0.15, 0.2) is 0 Å². The van der Waals surface area contributed by atoms with Crippen LogP contribution >= 0.6 is 0 Å². The van der Waals surface area contributed by atoms with Crippen LogP contribution in [0.5, 0.6) is 0 Å². The summed E-state index contributed by atoms with van der Waals surface area (Å²) in [5.74, 6) is -0.119. The Kier molecular flexibility index (Phi) is 7.22. The quantitative estimate of drug-likeness (QED) is 0.669. The lowest BCUT2D eigenvalue weighted by atomic mass is 10.1. The van der Waals surface area contributed by atoms with Gasteiger partial charge in [0.05, 0.1) is 12.6 Å². The maximum Gasteiger partial charge on any atom is 0.261 e. The summed E-state index contributed by atoms with van der Waals surface area (Å²) in [6.07, 6.45) is -2.45. The van der Waals surface area contributed by atoms with Gasteiger partial charge in [-0.15, -0.1) is 0 Å². The molecule has 1 unspecified atom stereocenters. The topological polar surface area (TPSA) is 50.4 Å². The third-order valence-electron chi connectivity index (χ3n) is 1.83. The number of halogens is 2.